The summed E-state index contributed by atoms with van der Waals surface area (Å²) in [5.41, 5.74) is 0.951. The Morgan fingerprint density at radius 1 is 0.789 bits per heavy atom. The molecule has 4 aromatic rings. The number of nitrogens with zero attached hydrogens (tertiary/aromatic N) is 9. The number of para-hydroxylation sites is 1. The Labute approximate surface area is 237 Å². The topological polar surface area (TPSA) is 157 Å². The van der Waals surface area contributed by atoms with Crippen LogP contribution in [-0.2, 0) is 0 Å². The number of anilines is 4. The molecule has 0 aliphatic rings. The van der Waals surface area contributed by atoms with E-state index < -0.39 is 0 Å². The third-order valence-corrected chi connectivity index (χ3v) is 6.45. The summed E-state index contributed by atoms with van der Waals surface area (Å²) in [6.45, 7) is 0. The van der Waals surface area contributed by atoms with E-state index in [1.165, 1.54) is 49.3 Å². The Kier molecular flexibility index (Phi) is 12.8. The summed E-state index contributed by atoms with van der Waals surface area (Å²) >= 11 is 8.75. The van der Waals surface area contributed by atoms with Gasteiger partial charge in [0, 0.05) is 75.5 Å². The van der Waals surface area contributed by atoms with E-state index in [1.807, 2.05) is 30.3 Å². The van der Waals surface area contributed by atoms with E-state index in [9.17, 15) is 9.59 Å². The van der Waals surface area contributed by atoms with Gasteiger partial charge >= 0.3 is 12.1 Å². The quantitative estimate of drug-likeness (QED) is 0.298. The average molecular weight is 595 g/mol. The largest absolute Gasteiger partial charge is 0.341 e. The zero-order valence-corrected chi connectivity index (χ0v) is 24.4. The molecule has 0 radical (unpaired) electrons. The van der Waals surface area contributed by atoms with Crippen molar-refractivity contribution in [3.63, 3.8) is 0 Å². The molecule has 4 amide bonds. The first-order valence-corrected chi connectivity index (χ1v) is 13.3. The van der Waals surface area contributed by atoms with Crippen molar-refractivity contribution >= 4 is 84.7 Å². The number of hydrogen-bond acceptors (Lipinski definition) is 12. The first-order chi connectivity index (χ1) is 18.2. The second-order valence-electron chi connectivity index (χ2n) is 7.09. The second kappa shape index (κ2) is 16.1. The lowest BCUT2D eigenvalue weighted by atomic mass is 10.3. The number of amides is 4. The number of carbonyl (C=O) groups is 2. The fraction of sp³-hybridized carbons (Fsp3) is 0.250. The van der Waals surface area contributed by atoms with Gasteiger partial charge in [-0.1, -0.05) is 31.7 Å². The van der Waals surface area contributed by atoms with Gasteiger partial charge in [0.05, 0.1) is 18.6 Å². The van der Waals surface area contributed by atoms with Crippen LogP contribution in [0.15, 0.2) is 48.9 Å². The van der Waals surface area contributed by atoms with Crippen molar-refractivity contribution in [2.45, 2.75) is 0 Å². The molecule has 38 heavy (non-hydrogen) atoms. The standard InChI is InChI=1S/C9H8N4S2.C6H10N4OS.C5H8N4OS/c14-9(12-8-6-10-13-15-8)11-7-4-2-1-3-5-7;1-9(2)6(11)10(3)5-4-7-8-12-5;1-6-5(10)9(2)4-3-7-8-11-4/h1-6H,(H2,11,12,14);4H,1-3H3;3H,1-2H3,(H,6,10). The molecular weight excluding hydrogens is 569 g/mol. The summed E-state index contributed by atoms with van der Waals surface area (Å²) in [4.78, 5) is 26.8. The van der Waals surface area contributed by atoms with Crippen LogP contribution in [0.3, 0.4) is 0 Å². The minimum Gasteiger partial charge on any atom is -0.341 e. The van der Waals surface area contributed by atoms with Gasteiger partial charge in [0.1, 0.15) is 15.0 Å². The Morgan fingerprint density at radius 2 is 1.34 bits per heavy atom. The molecule has 3 heterocycles. The highest BCUT2D eigenvalue weighted by Crippen LogP contribution is 2.16. The molecule has 14 nitrogen and oxygen atoms in total. The number of carbonyl (C=O) groups excluding carboxylic acids is 2. The van der Waals surface area contributed by atoms with Gasteiger partial charge in [-0.15, -0.1) is 15.3 Å². The number of nitrogens with one attached hydrogen (secondary N) is 3. The maximum absolute atomic E-state index is 11.3. The number of aromatic nitrogens is 6. The van der Waals surface area contributed by atoms with Crippen LogP contribution in [0.1, 0.15) is 0 Å². The molecule has 0 saturated heterocycles. The van der Waals surface area contributed by atoms with Crippen molar-refractivity contribution in [3.05, 3.63) is 48.9 Å². The summed E-state index contributed by atoms with van der Waals surface area (Å²) in [5.74, 6) is 0. The van der Waals surface area contributed by atoms with E-state index in [4.69, 9.17) is 12.2 Å². The summed E-state index contributed by atoms with van der Waals surface area (Å²) in [6.07, 6.45) is 4.73. The molecule has 3 N–H and O–H groups in total. The van der Waals surface area contributed by atoms with Crippen molar-refractivity contribution in [3.8, 4) is 0 Å². The van der Waals surface area contributed by atoms with E-state index in [2.05, 4.69) is 44.7 Å². The molecule has 0 aliphatic carbocycles. The van der Waals surface area contributed by atoms with E-state index in [1.54, 1.807) is 53.8 Å². The number of urea groups is 2. The monoisotopic (exact) mass is 594 g/mol. The van der Waals surface area contributed by atoms with Crippen molar-refractivity contribution in [1.29, 1.82) is 0 Å². The van der Waals surface area contributed by atoms with Crippen LogP contribution >= 0.6 is 46.8 Å². The number of thiocarbonyl (C=S) groups is 1. The highest BCUT2D eigenvalue weighted by atomic mass is 32.1. The van der Waals surface area contributed by atoms with Crippen LogP contribution < -0.4 is 25.8 Å². The molecule has 0 unspecified atom stereocenters. The van der Waals surface area contributed by atoms with Gasteiger partial charge < -0.3 is 20.9 Å². The molecule has 0 saturated carbocycles. The SMILES string of the molecule is CN(C)C(=O)N(C)c1cnns1.CNC(=O)N(C)c1cnns1.S=C(Nc1ccccc1)Nc1cnns1. The molecule has 0 atom stereocenters. The van der Waals surface area contributed by atoms with E-state index in [-0.39, 0.29) is 12.1 Å². The van der Waals surface area contributed by atoms with Gasteiger partial charge in [-0.25, -0.2) is 9.59 Å². The molecule has 0 aliphatic heterocycles. The highest BCUT2D eigenvalue weighted by molar-refractivity contribution is 7.80. The fourth-order valence-electron chi connectivity index (χ4n) is 2.30. The van der Waals surface area contributed by atoms with E-state index >= 15 is 0 Å². The summed E-state index contributed by atoms with van der Waals surface area (Å²) in [7, 11) is 8.33. The Morgan fingerprint density at radius 3 is 1.82 bits per heavy atom. The Balaban J connectivity index is 0.000000203. The maximum atomic E-state index is 11.3. The number of rotatable bonds is 4. The summed E-state index contributed by atoms with van der Waals surface area (Å²) in [6, 6.07) is 9.47. The van der Waals surface area contributed by atoms with E-state index in [0.29, 0.717) is 5.11 Å². The third-order valence-electron chi connectivity index (χ3n) is 4.18. The van der Waals surface area contributed by atoms with Crippen molar-refractivity contribution < 1.29 is 9.59 Å². The van der Waals surface area contributed by atoms with Gasteiger partial charge in [-0.2, -0.15) is 0 Å². The maximum Gasteiger partial charge on any atom is 0.324 e. The lowest BCUT2D eigenvalue weighted by Crippen LogP contribution is -2.35. The smallest absolute Gasteiger partial charge is 0.324 e. The van der Waals surface area contributed by atoms with Crippen LogP contribution in [0.25, 0.3) is 0 Å². The van der Waals surface area contributed by atoms with Crippen LogP contribution in [-0.4, -0.2) is 86.1 Å². The molecule has 18 heteroatoms. The van der Waals surface area contributed by atoms with Gasteiger partial charge in [0.15, 0.2) is 5.11 Å². The summed E-state index contributed by atoms with van der Waals surface area (Å²) < 4.78 is 11.0. The minimum absolute atomic E-state index is 0.0824. The number of benzene rings is 1. The Hall–Kier alpha value is -3.87. The molecular formula is C20H26N12O2S4. The first-order valence-electron chi connectivity index (χ1n) is 10.6. The molecule has 202 valence electrons. The van der Waals surface area contributed by atoms with Crippen LogP contribution in [0.2, 0.25) is 0 Å². The molecule has 0 fully saturated rings. The van der Waals surface area contributed by atoms with Gasteiger partial charge in [0.2, 0.25) is 0 Å². The van der Waals surface area contributed by atoms with Crippen LogP contribution in [0.4, 0.5) is 30.3 Å². The predicted octanol–water partition coefficient (Wildman–Crippen LogP) is 3.32. The molecule has 3 aromatic heterocycles. The molecule has 0 spiro atoms. The van der Waals surface area contributed by atoms with Crippen molar-refractivity contribution in [2.24, 2.45) is 0 Å². The van der Waals surface area contributed by atoms with E-state index in [0.717, 1.165) is 20.7 Å². The lowest BCUT2D eigenvalue weighted by molar-refractivity contribution is 0.225. The van der Waals surface area contributed by atoms with Crippen LogP contribution in [0.5, 0.6) is 0 Å². The fourth-order valence-corrected chi connectivity index (χ4v) is 3.97. The van der Waals surface area contributed by atoms with Gasteiger partial charge in [-0.05, 0) is 24.4 Å². The average Bonchev–Trinajstić information content (AvgIpc) is 3.72. The third kappa shape index (κ3) is 10.2. The summed E-state index contributed by atoms with van der Waals surface area (Å²) in [5, 5.41) is 22.3. The Bertz CT molecular complexity index is 1220. The van der Waals surface area contributed by atoms with Gasteiger partial charge in [-0.3, -0.25) is 9.80 Å². The van der Waals surface area contributed by atoms with Crippen LogP contribution in [0, 0.1) is 0 Å². The van der Waals surface area contributed by atoms with Crippen molar-refractivity contribution in [2.75, 3.05) is 55.7 Å². The second-order valence-corrected chi connectivity index (χ2v) is 9.81. The molecule has 1 aromatic carbocycles. The van der Waals surface area contributed by atoms with Gasteiger partial charge in [0.25, 0.3) is 0 Å². The zero-order valence-electron chi connectivity index (χ0n) is 21.1. The van der Waals surface area contributed by atoms with Crippen molar-refractivity contribution in [1.82, 2.24) is 39.0 Å². The lowest BCUT2D eigenvalue weighted by Gasteiger charge is -2.18. The zero-order chi connectivity index (χ0) is 27.9. The predicted molar refractivity (Wildman–Crippen MR) is 156 cm³/mol. The highest BCUT2D eigenvalue weighted by Gasteiger charge is 2.14. The molecule has 4 rings (SSSR count). The first kappa shape index (κ1) is 30.4. The number of hydrogen-bond donors (Lipinski definition) is 3. The molecule has 0 bridgehead atoms. The minimum atomic E-state index is -0.170. The normalized spacial score (nSPS) is 9.50.